The SMILES string of the molecule is Cn1cc(N(CCC2CCCO2)S(=O)O)cn1. The average Bonchev–Trinajstić information content (AvgIpc) is 2.90. The number of hydrogen-bond acceptors (Lipinski definition) is 3. The summed E-state index contributed by atoms with van der Waals surface area (Å²) in [6.45, 7) is 1.30. The van der Waals surface area contributed by atoms with Gasteiger partial charge in [0.1, 0.15) is 0 Å². The number of anilines is 1. The molecule has 1 aliphatic rings. The molecule has 0 radical (unpaired) electrons. The van der Waals surface area contributed by atoms with Crippen LogP contribution in [0.5, 0.6) is 0 Å². The highest BCUT2D eigenvalue weighted by Crippen LogP contribution is 2.19. The maximum atomic E-state index is 11.3. The maximum absolute atomic E-state index is 11.3. The lowest BCUT2D eigenvalue weighted by Gasteiger charge is -2.19. The minimum absolute atomic E-state index is 0.220. The molecular weight excluding hydrogens is 242 g/mol. The molecular formula is C10H17N3O3S. The number of rotatable bonds is 5. The molecule has 1 aromatic heterocycles. The van der Waals surface area contributed by atoms with Gasteiger partial charge in [-0.25, -0.2) is 4.21 Å². The third-order valence-electron chi connectivity index (χ3n) is 2.85. The molecule has 0 bridgehead atoms. The Morgan fingerprint density at radius 2 is 2.59 bits per heavy atom. The lowest BCUT2D eigenvalue weighted by Crippen LogP contribution is -2.28. The molecule has 1 N–H and O–H groups in total. The van der Waals surface area contributed by atoms with Crippen LogP contribution in [-0.2, 0) is 23.1 Å². The van der Waals surface area contributed by atoms with Gasteiger partial charge in [0.05, 0.1) is 18.0 Å². The van der Waals surface area contributed by atoms with E-state index in [0.717, 1.165) is 25.9 Å². The summed E-state index contributed by atoms with van der Waals surface area (Å²) in [5.41, 5.74) is 0.659. The Bertz CT molecular complexity index is 390. The van der Waals surface area contributed by atoms with E-state index in [-0.39, 0.29) is 6.10 Å². The number of nitrogens with zero attached hydrogens (tertiary/aromatic N) is 3. The molecule has 7 heteroatoms. The molecule has 96 valence electrons. The van der Waals surface area contributed by atoms with Crippen LogP contribution in [0.1, 0.15) is 19.3 Å². The van der Waals surface area contributed by atoms with Gasteiger partial charge in [0.25, 0.3) is 11.3 Å². The second kappa shape index (κ2) is 5.61. The molecule has 0 amide bonds. The van der Waals surface area contributed by atoms with E-state index in [9.17, 15) is 8.76 Å². The van der Waals surface area contributed by atoms with Crippen molar-refractivity contribution >= 4 is 17.0 Å². The van der Waals surface area contributed by atoms with Gasteiger partial charge >= 0.3 is 0 Å². The minimum Gasteiger partial charge on any atom is -0.378 e. The van der Waals surface area contributed by atoms with Crippen molar-refractivity contribution in [2.24, 2.45) is 7.05 Å². The molecule has 1 saturated heterocycles. The average molecular weight is 259 g/mol. The van der Waals surface area contributed by atoms with Crippen molar-refractivity contribution < 1.29 is 13.5 Å². The second-order valence-corrected chi connectivity index (χ2v) is 5.03. The highest BCUT2D eigenvalue weighted by molar-refractivity contribution is 7.80. The quantitative estimate of drug-likeness (QED) is 0.799. The first-order valence-electron chi connectivity index (χ1n) is 5.65. The van der Waals surface area contributed by atoms with E-state index >= 15 is 0 Å². The first-order valence-corrected chi connectivity index (χ1v) is 6.72. The zero-order valence-corrected chi connectivity index (χ0v) is 10.6. The van der Waals surface area contributed by atoms with Gasteiger partial charge in [0.15, 0.2) is 0 Å². The standard InChI is InChI=1S/C10H17N3O3S/c1-12-8-9(7-11-12)13(17(14)15)5-4-10-3-2-6-16-10/h7-8,10H,2-6H2,1H3,(H,14,15). The number of ether oxygens (including phenoxy) is 1. The smallest absolute Gasteiger partial charge is 0.261 e. The van der Waals surface area contributed by atoms with Crippen LogP contribution in [0.15, 0.2) is 12.4 Å². The van der Waals surface area contributed by atoms with E-state index in [1.165, 1.54) is 4.31 Å². The summed E-state index contributed by atoms with van der Waals surface area (Å²) in [4.78, 5) is 0. The fourth-order valence-electron chi connectivity index (χ4n) is 1.97. The molecule has 6 nitrogen and oxygen atoms in total. The van der Waals surface area contributed by atoms with Crippen LogP contribution in [-0.4, -0.2) is 37.8 Å². The van der Waals surface area contributed by atoms with Crippen LogP contribution < -0.4 is 4.31 Å². The van der Waals surface area contributed by atoms with E-state index in [1.807, 2.05) is 0 Å². The molecule has 1 aromatic rings. The molecule has 2 atom stereocenters. The molecule has 2 rings (SSSR count). The summed E-state index contributed by atoms with van der Waals surface area (Å²) in [6, 6.07) is 0. The second-order valence-electron chi connectivity index (χ2n) is 4.13. The van der Waals surface area contributed by atoms with Gasteiger partial charge in [0.2, 0.25) is 0 Å². The topological polar surface area (TPSA) is 67.6 Å². The van der Waals surface area contributed by atoms with Gasteiger partial charge in [-0.1, -0.05) is 0 Å². The van der Waals surface area contributed by atoms with Gasteiger partial charge in [-0.15, -0.1) is 0 Å². The van der Waals surface area contributed by atoms with Crippen LogP contribution >= 0.6 is 0 Å². The Kier molecular flexibility index (Phi) is 4.14. The Hall–Kier alpha value is -0.920. The molecule has 0 aromatic carbocycles. The summed E-state index contributed by atoms with van der Waals surface area (Å²) in [6.07, 6.45) is 6.42. The highest BCUT2D eigenvalue weighted by atomic mass is 32.2. The molecule has 0 saturated carbocycles. The lowest BCUT2D eigenvalue weighted by atomic mass is 10.2. The van der Waals surface area contributed by atoms with Gasteiger partial charge in [-0.05, 0) is 19.3 Å². The van der Waals surface area contributed by atoms with Crippen molar-refractivity contribution in [3.05, 3.63) is 12.4 Å². The van der Waals surface area contributed by atoms with E-state index in [2.05, 4.69) is 5.10 Å². The third-order valence-corrected chi connectivity index (χ3v) is 3.62. The molecule has 1 aliphatic heterocycles. The Balaban J connectivity index is 1.95. The Morgan fingerprint density at radius 1 is 1.76 bits per heavy atom. The largest absolute Gasteiger partial charge is 0.378 e. The van der Waals surface area contributed by atoms with Crippen molar-refractivity contribution in [3.63, 3.8) is 0 Å². The van der Waals surface area contributed by atoms with E-state index < -0.39 is 11.3 Å². The van der Waals surface area contributed by atoms with Crippen LogP contribution in [0.2, 0.25) is 0 Å². The molecule has 1 fully saturated rings. The van der Waals surface area contributed by atoms with Crippen LogP contribution in [0, 0.1) is 0 Å². The monoisotopic (exact) mass is 259 g/mol. The summed E-state index contributed by atoms with van der Waals surface area (Å²) >= 11 is -2.02. The van der Waals surface area contributed by atoms with Gasteiger partial charge in [-0.2, -0.15) is 5.10 Å². The molecule has 0 aliphatic carbocycles. The van der Waals surface area contributed by atoms with Crippen molar-refractivity contribution in [2.75, 3.05) is 17.5 Å². The fourth-order valence-corrected chi connectivity index (χ4v) is 2.50. The predicted octanol–water partition coefficient (Wildman–Crippen LogP) is 0.932. The normalized spacial score (nSPS) is 21.6. The first-order chi connectivity index (χ1) is 8.16. The zero-order chi connectivity index (χ0) is 12.3. The summed E-state index contributed by atoms with van der Waals surface area (Å²) in [5, 5.41) is 4.00. The molecule has 2 unspecified atom stereocenters. The Morgan fingerprint density at radius 3 is 3.12 bits per heavy atom. The fraction of sp³-hybridized carbons (Fsp3) is 0.700. The summed E-state index contributed by atoms with van der Waals surface area (Å²) < 4.78 is 29.1. The summed E-state index contributed by atoms with van der Waals surface area (Å²) in [5.74, 6) is 0. The van der Waals surface area contributed by atoms with Gasteiger partial charge in [-0.3, -0.25) is 13.5 Å². The number of hydrogen-bond donors (Lipinski definition) is 1. The first kappa shape index (κ1) is 12.5. The highest BCUT2D eigenvalue weighted by Gasteiger charge is 2.20. The minimum atomic E-state index is -2.02. The number of aromatic nitrogens is 2. The molecule has 2 heterocycles. The summed E-state index contributed by atoms with van der Waals surface area (Å²) in [7, 11) is 1.78. The van der Waals surface area contributed by atoms with Crippen LogP contribution in [0.4, 0.5) is 5.69 Å². The van der Waals surface area contributed by atoms with Gasteiger partial charge in [0, 0.05) is 26.4 Å². The maximum Gasteiger partial charge on any atom is 0.261 e. The van der Waals surface area contributed by atoms with E-state index in [4.69, 9.17) is 4.74 Å². The van der Waals surface area contributed by atoms with Crippen molar-refractivity contribution in [2.45, 2.75) is 25.4 Å². The Labute approximate surface area is 103 Å². The lowest BCUT2D eigenvalue weighted by molar-refractivity contribution is 0.106. The van der Waals surface area contributed by atoms with Gasteiger partial charge < -0.3 is 4.74 Å². The van der Waals surface area contributed by atoms with E-state index in [1.54, 1.807) is 24.1 Å². The zero-order valence-electron chi connectivity index (χ0n) is 9.78. The molecule has 0 spiro atoms. The van der Waals surface area contributed by atoms with Crippen LogP contribution in [0.3, 0.4) is 0 Å². The van der Waals surface area contributed by atoms with Crippen molar-refractivity contribution in [1.82, 2.24) is 9.78 Å². The van der Waals surface area contributed by atoms with Crippen LogP contribution in [0.25, 0.3) is 0 Å². The van der Waals surface area contributed by atoms with Crippen molar-refractivity contribution in [3.8, 4) is 0 Å². The number of aryl methyl sites for hydroxylation is 1. The van der Waals surface area contributed by atoms with E-state index in [0.29, 0.717) is 12.2 Å². The third kappa shape index (κ3) is 3.27. The molecule has 17 heavy (non-hydrogen) atoms. The van der Waals surface area contributed by atoms with Crippen molar-refractivity contribution in [1.29, 1.82) is 0 Å². The predicted molar refractivity (Wildman–Crippen MR) is 64.9 cm³/mol.